The molecule has 0 atom stereocenters. The second-order valence-corrected chi connectivity index (χ2v) is 7.15. The highest BCUT2D eigenvalue weighted by Gasteiger charge is 2.27. The Bertz CT molecular complexity index is 748. The Balaban J connectivity index is 1.32. The number of hydrogen-bond donors (Lipinski definition) is 0. The molecule has 0 aromatic carbocycles. The van der Waals surface area contributed by atoms with Gasteiger partial charge in [0.2, 0.25) is 0 Å². The van der Waals surface area contributed by atoms with Crippen molar-refractivity contribution in [2.45, 2.75) is 19.4 Å². The van der Waals surface area contributed by atoms with Crippen LogP contribution in [0.4, 0.5) is 0 Å². The Labute approximate surface area is 148 Å². The molecule has 0 N–H and O–H groups in total. The van der Waals surface area contributed by atoms with Gasteiger partial charge in [-0.3, -0.25) is 9.78 Å². The van der Waals surface area contributed by atoms with Crippen LogP contribution in [-0.4, -0.2) is 63.8 Å². The summed E-state index contributed by atoms with van der Waals surface area (Å²) in [6.07, 6.45) is 6.20. The second kappa shape index (κ2) is 7.45. The van der Waals surface area contributed by atoms with E-state index in [-0.39, 0.29) is 5.56 Å². The molecule has 2 aliphatic heterocycles. The van der Waals surface area contributed by atoms with Crippen LogP contribution < -0.4 is 5.56 Å². The van der Waals surface area contributed by atoms with Gasteiger partial charge in [-0.2, -0.15) is 5.10 Å². The van der Waals surface area contributed by atoms with Crippen LogP contribution in [0.2, 0.25) is 0 Å². The van der Waals surface area contributed by atoms with E-state index in [0.29, 0.717) is 12.5 Å². The molecule has 0 saturated carbocycles. The molecule has 2 fully saturated rings. The fourth-order valence-electron chi connectivity index (χ4n) is 3.76. The van der Waals surface area contributed by atoms with Crippen molar-refractivity contribution in [2.24, 2.45) is 5.92 Å². The third kappa shape index (κ3) is 3.96. The third-order valence-corrected chi connectivity index (χ3v) is 5.24. The summed E-state index contributed by atoms with van der Waals surface area (Å²) in [7, 11) is 0. The Morgan fingerprint density at radius 1 is 0.960 bits per heavy atom. The van der Waals surface area contributed by atoms with E-state index in [1.54, 1.807) is 29.2 Å². The van der Waals surface area contributed by atoms with Gasteiger partial charge in [0.25, 0.3) is 5.56 Å². The fraction of sp³-hybridized carbons (Fsp3) is 0.526. The van der Waals surface area contributed by atoms with Crippen molar-refractivity contribution in [3.63, 3.8) is 0 Å². The van der Waals surface area contributed by atoms with Gasteiger partial charge >= 0.3 is 0 Å². The normalized spacial score (nSPS) is 19.2. The largest absolute Gasteiger partial charge is 0.302 e. The first kappa shape index (κ1) is 16.4. The number of aromatic nitrogens is 3. The van der Waals surface area contributed by atoms with Gasteiger partial charge in [0.15, 0.2) is 0 Å². The fourth-order valence-corrected chi connectivity index (χ4v) is 3.76. The van der Waals surface area contributed by atoms with Gasteiger partial charge in [0, 0.05) is 56.1 Å². The van der Waals surface area contributed by atoms with Crippen LogP contribution in [0.15, 0.2) is 41.5 Å². The summed E-state index contributed by atoms with van der Waals surface area (Å²) in [4.78, 5) is 21.2. The van der Waals surface area contributed by atoms with Gasteiger partial charge in [-0.1, -0.05) is 0 Å². The van der Waals surface area contributed by atoms with Crippen molar-refractivity contribution in [1.29, 1.82) is 0 Å². The van der Waals surface area contributed by atoms with Gasteiger partial charge in [-0.15, -0.1) is 0 Å². The van der Waals surface area contributed by atoms with Gasteiger partial charge in [0.05, 0.1) is 12.2 Å². The number of hydrogen-bond acceptors (Lipinski definition) is 5. The molecule has 4 heterocycles. The molecule has 132 valence electrons. The van der Waals surface area contributed by atoms with Crippen molar-refractivity contribution in [2.75, 3.05) is 39.3 Å². The van der Waals surface area contributed by atoms with Crippen LogP contribution in [0, 0.1) is 5.92 Å². The SMILES string of the molecule is O=c1ccc(-c2ccncc2)nn1CC1CN(CCN2CCCC2)C1. The van der Waals surface area contributed by atoms with Crippen molar-refractivity contribution >= 4 is 0 Å². The Morgan fingerprint density at radius 2 is 1.68 bits per heavy atom. The van der Waals surface area contributed by atoms with Gasteiger partial charge in [-0.25, -0.2) is 4.68 Å². The Morgan fingerprint density at radius 3 is 2.44 bits per heavy atom. The molecular weight excluding hydrogens is 314 g/mol. The lowest BCUT2D eigenvalue weighted by atomic mass is 10.0. The van der Waals surface area contributed by atoms with Crippen molar-refractivity contribution in [3.05, 3.63) is 47.0 Å². The van der Waals surface area contributed by atoms with Gasteiger partial charge < -0.3 is 9.80 Å². The topological polar surface area (TPSA) is 54.3 Å². The molecule has 2 aliphatic rings. The van der Waals surface area contributed by atoms with E-state index in [9.17, 15) is 4.79 Å². The van der Waals surface area contributed by atoms with E-state index in [0.717, 1.165) is 30.9 Å². The van der Waals surface area contributed by atoms with Crippen LogP contribution in [-0.2, 0) is 6.54 Å². The van der Waals surface area contributed by atoms with Crippen LogP contribution in [0.3, 0.4) is 0 Å². The van der Waals surface area contributed by atoms with E-state index in [2.05, 4.69) is 19.9 Å². The lowest BCUT2D eigenvalue weighted by Gasteiger charge is -2.40. The highest BCUT2D eigenvalue weighted by atomic mass is 16.1. The van der Waals surface area contributed by atoms with E-state index < -0.39 is 0 Å². The summed E-state index contributed by atoms with van der Waals surface area (Å²) in [5.41, 5.74) is 1.80. The number of pyridine rings is 1. The molecule has 2 saturated heterocycles. The predicted octanol–water partition coefficient (Wildman–Crippen LogP) is 1.33. The highest BCUT2D eigenvalue weighted by Crippen LogP contribution is 2.18. The molecule has 0 spiro atoms. The lowest BCUT2D eigenvalue weighted by molar-refractivity contribution is 0.0746. The number of likely N-dealkylation sites (tertiary alicyclic amines) is 2. The maximum atomic E-state index is 12.1. The Hall–Kier alpha value is -2.05. The van der Waals surface area contributed by atoms with E-state index >= 15 is 0 Å². The monoisotopic (exact) mass is 339 g/mol. The van der Waals surface area contributed by atoms with Crippen LogP contribution >= 0.6 is 0 Å². The maximum absolute atomic E-state index is 12.1. The average molecular weight is 339 g/mol. The van der Waals surface area contributed by atoms with Crippen LogP contribution in [0.25, 0.3) is 11.3 Å². The van der Waals surface area contributed by atoms with Crippen molar-refractivity contribution in [3.8, 4) is 11.3 Å². The lowest BCUT2D eigenvalue weighted by Crippen LogP contribution is -2.51. The van der Waals surface area contributed by atoms with E-state index in [1.807, 2.05) is 12.1 Å². The van der Waals surface area contributed by atoms with Gasteiger partial charge in [0.1, 0.15) is 0 Å². The Kier molecular flexibility index (Phi) is 4.90. The molecule has 2 aromatic heterocycles. The average Bonchev–Trinajstić information content (AvgIpc) is 3.12. The molecule has 6 heteroatoms. The molecule has 0 unspecified atom stereocenters. The number of nitrogens with zero attached hydrogens (tertiary/aromatic N) is 5. The molecule has 25 heavy (non-hydrogen) atoms. The zero-order chi connectivity index (χ0) is 17.1. The van der Waals surface area contributed by atoms with Crippen LogP contribution in [0.1, 0.15) is 12.8 Å². The quantitative estimate of drug-likeness (QED) is 0.795. The smallest absolute Gasteiger partial charge is 0.266 e. The molecule has 0 amide bonds. The maximum Gasteiger partial charge on any atom is 0.266 e. The first-order valence-corrected chi connectivity index (χ1v) is 9.21. The summed E-state index contributed by atoms with van der Waals surface area (Å²) >= 11 is 0. The molecule has 2 aromatic rings. The molecular formula is C19H25N5O. The molecule has 4 rings (SSSR count). The van der Waals surface area contributed by atoms with Gasteiger partial charge in [-0.05, 0) is 44.1 Å². The molecule has 0 aliphatic carbocycles. The van der Waals surface area contributed by atoms with E-state index in [1.165, 1.54) is 32.5 Å². The number of rotatable bonds is 6. The summed E-state index contributed by atoms with van der Waals surface area (Å²) in [6, 6.07) is 7.24. The summed E-state index contributed by atoms with van der Waals surface area (Å²) < 4.78 is 1.62. The summed E-state index contributed by atoms with van der Waals surface area (Å²) in [5, 5.41) is 4.55. The van der Waals surface area contributed by atoms with Crippen molar-refractivity contribution in [1.82, 2.24) is 24.6 Å². The van der Waals surface area contributed by atoms with Crippen LogP contribution in [0.5, 0.6) is 0 Å². The highest BCUT2D eigenvalue weighted by molar-refractivity contribution is 5.56. The summed E-state index contributed by atoms with van der Waals surface area (Å²) in [5.74, 6) is 0.525. The minimum atomic E-state index is -0.0201. The zero-order valence-corrected chi connectivity index (χ0v) is 14.5. The standard InChI is InChI=1S/C19H25N5O/c25-19-4-3-18(17-5-7-20-8-6-17)21-24(19)15-16-13-23(14-16)12-11-22-9-1-2-10-22/h3-8,16H,1-2,9-15H2. The second-order valence-electron chi connectivity index (χ2n) is 7.15. The minimum Gasteiger partial charge on any atom is -0.302 e. The first-order chi connectivity index (χ1) is 12.3. The predicted molar refractivity (Wildman–Crippen MR) is 97.3 cm³/mol. The van der Waals surface area contributed by atoms with E-state index in [4.69, 9.17) is 0 Å². The van der Waals surface area contributed by atoms with Crippen molar-refractivity contribution < 1.29 is 0 Å². The third-order valence-electron chi connectivity index (χ3n) is 5.24. The first-order valence-electron chi connectivity index (χ1n) is 9.21. The molecule has 6 nitrogen and oxygen atoms in total. The summed E-state index contributed by atoms with van der Waals surface area (Å²) in [6.45, 7) is 7.70. The molecule has 0 radical (unpaired) electrons. The zero-order valence-electron chi connectivity index (χ0n) is 14.5. The minimum absolute atomic E-state index is 0.0201. The molecule has 0 bridgehead atoms.